The molecule has 3 N–H and O–H groups in total. The SMILES string of the molecule is Cc1cccc(-c2[nH]c(CNc3ccccc3F)nc2-c2ccc3[nH]c(=O)ccc3c2)n1. The van der Waals surface area contributed by atoms with Gasteiger partial charge in [-0.15, -0.1) is 0 Å². The molecule has 0 fully saturated rings. The predicted molar refractivity (Wildman–Crippen MR) is 124 cm³/mol. The fourth-order valence-corrected chi connectivity index (χ4v) is 3.67. The Balaban J connectivity index is 1.58. The fourth-order valence-electron chi connectivity index (χ4n) is 3.67. The van der Waals surface area contributed by atoms with E-state index in [2.05, 4.69) is 20.3 Å². The number of benzene rings is 2. The van der Waals surface area contributed by atoms with Crippen LogP contribution in [0.1, 0.15) is 11.5 Å². The summed E-state index contributed by atoms with van der Waals surface area (Å²) in [6.07, 6.45) is 0. The first-order valence-electron chi connectivity index (χ1n) is 10.2. The lowest BCUT2D eigenvalue weighted by molar-refractivity contribution is 0.630. The van der Waals surface area contributed by atoms with Crippen molar-refractivity contribution in [2.24, 2.45) is 0 Å². The average Bonchev–Trinajstić information content (AvgIpc) is 3.22. The van der Waals surface area contributed by atoms with Crippen molar-refractivity contribution in [3.63, 3.8) is 0 Å². The Kier molecular flexibility index (Phi) is 4.99. The third-order valence-corrected chi connectivity index (χ3v) is 5.21. The molecule has 6 nitrogen and oxygen atoms in total. The third kappa shape index (κ3) is 3.88. The van der Waals surface area contributed by atoms with Crippen LogP contribution in [0.2, 0.25) is 0 Å². The monoisotopic (exact) mass is 425 g/mol. The normalized spacial score (nSPS) is 11.1. The van der Waals surface area contributed by atoms with E-state index in [1.54, 1.807) is 24.3 Å². The van der Waals surface area contributed by atoms with Crippen molar-refractivity contribution < 1.29 is 4.39 Å². The van der Waals surface area contributed by atoms with Crippen LogP contribution in [0.5, 0.6) is 0 Å². The van der Waals surface area contributed by atoms with Gasteiger partial charge in [-0.3, -0.25) is 9.78 Å². The second-order valence-corrected chi connectivity index (χ2v) is 7.53. The number of aryl methyl sites for hydroxylation is 1. The van der Waals surface area contributed by atoms with Gasteiger partial charge in [0.1, 0.15) is 11.6 Å². The zero-order chi connectivity index (χ0) is 22.1. The molecule has 0 spiro atoms. The van der Waals surface area contributed by atoms with E-state index in [-0.39, 0.29) is 11.4 Å². The van der Waals surface area contributed by atoms with Crippen molar-refractivity contribution in [2.45, 2.75) is 13.5 Å². The van der Waals surface area contributed by atoms with Crippen LogP contribution in [0, 0.1) is 12.7 Å². The van der Waals surface area contributed by atoms with E-state index in [0.717, 1.165) is 39.2 Å². The highest BCUT2D eigenvalue weighted by Gasteiger charge is 2.16. The number of aromatic amines is 2. The maximum atomic E-state index is 14.0. The zero-order valence-corrected chi connectivity index (χ0v) is 17.3. The number of pyridine rings is 2. The molecule has 0 aliphatic rings. The van der Waals surface area contributed by atoms with Gasteiger partial charge in [0.2, 0.25) is 5.56 Å². The number of nitrogens with one attached hydrogen (secondary N) is 3. The lowest BCUT2D eigenvalue weighted by Gasteiger charge is -2.05. The molecule has 32 heavy (non-hydrogen) atoms. The highest BCUT2D eigenvalue weighted by atomic mass is 19.1. The highest BCUT2D eigenvalue weighted by Crippen LogP contribution is 2.31. The Morgan fingerprint density at radius 2 is 1.81 bits per heavy atom. The highest BCUT2D eigenvalue weighted by molar-refractivity contribution is 5.86. The number of rotatable bonds is 5. The Bertz CT molecular complexity index is 1490. The number of aromatic nitrogens is 4. The molecule has 0 aliphatic heterocycles. The standard InChI is InChI=1S/C25H20FN5O/c1-15-5-4-8-21(28-15)25-24(17-9-11-19-16(13-17)10-12-23(32)29-19)30-22(31-25)14-27-20-7-3-2-6-18(20)26/h2-13,27H,14H2,1H3,(H,29,32)(H,30,31). The molecular formula is C25H20FN5O. The maximum absolute atomic E-state index is 14.0. The smallest absolute Gasteiger partial charge is 0.248 e. The van der Waals surface area contributed by atoms with Gasteiger partial charge in [0.15, 0.2) is 0 Å². The summed E-state index contributed by atoms with van der Waals surface area (Å²) >= 11 is 0. The topological polar surface area (TPSA) is 86.5 Å². The molecule has 5 rings (SSSR count). The minimum absolute atomic E-state index is 0.142. The van der Waals surface area contributed by atoms with Crippen molar-refractivity contribution in [1.29, 1.82) is 0 Å². The molecule has 158 valence electrons. The lowest BCUT2D eigenvalue weighted by Crippen LogP contribution is -2.03. The molecule has 7 heteroatoms. The van der Waals surface area contributed by atoms with Gasteiger partial charge in [-0.25, -0.2) is 9.37 Å². The van der Waals surface area contributed by atoms with Gasteiger partial charge in [0.25, 0.3) is 0 Å². The number of imidazole rings is 1. The second-order valence-electron chi connectivity index (χ2n) is 7.53. The summed E-state index contributed by atoms with van der Waals surface area (Å²) in [6, 6.07) is 21.4. The van der Waals surface area contributed by atoms with E-state index >= 15 is 0 Å². The Morgan fingerprint density at radius 1 is 0.938 bits per heavy atom. The van der Waals surface area contributed by atoms with Gasteiger partial charge in [-0.05, 0) is 54.8 Å². The predicted octanol–water partition coefficient (Wildman–Crippen LogP) is 5.04. The molecule has 0 unspecified atom stereocenters. The Hall–Kier alpha value is -4.26. The van der Waals surface area contributed by atoms with Crippen LogP contribution in [0.4, 0.5) is 10.1 Å². The number of fused-ring (bicyclic) bond motifs is 1. The molecule has 5 aromatic rings. The van der Waals surface area contributed by atoms with Crippen molar-refractivity contribution >= 4 is 16.6 Å². The van der Waals surface area contributed by atoms with Crippen LogP contribution in [-0.4, -0.2) is 19.9 Å². The van der Waals surface area contributed by atoms with Crippen LogP contribution in [0.25, 0.3) is 33.5 Å². The van der Waals surface area contributed by atoms with E-state index in [0.29, 0.717) is 18.1 Å². The van der Waals surface area contributed by atoms with Crippen molar-refractivity contribution in [2.75, 3.05) is 5.32 Å². The molecule has 0 atom stereocenters. The second kappa shape index (κ2) is 8.11. The number of H-pyrrole nitrogens is 2. The quantitative estimate of drug-likeness (QED) is 0.368. The summed E-state index contributed by atoms with van der Waals surface area (Å²) in [5.41, 5.74) is 5.09. The molecular weight excluding hydrogens is 405 g/mol. The van der Waals surface area contributed by atoms with E-state index in [4.69, 9.17) is 4.98 Å². The number of para-hydroxylation sites is 1. The zero-order valence-electron chi connectivity index (χ0n) is 17.3. The van der Waals surface area contributed by atoms with Gasteiger partial charge >= 0.3 is 0 Å². The first kappa shape index (κ1) is 19.7. The molecule has 2 aromatic carbocycles. The summed E-state index contributed by atoms with van der Waals surface area (Å²) in [7, 11) is 0. The number of anilines is 1. The van der Waals surface area contributed by atoms with Crippen LogP contribution in [0.3, 0.4) is 0 Å². The summed E-state index contributed by atoms with van der Waals surface area (Å²) in [6.45, 7) is 2.26. The molecule has 0 radical (unpaired) electrons. The molecule has 0 aliphatic carbocycles. The largest absolute Gasteiger partial charge is 0.375 e. The fraction of sp³-hybridized carbons (Fsp3) is 0.0800. The summed E-state index contributed by atoms with van der Waals surface area (Å²) < 4.78 is 14.0. The van der Waals surface area contributed by atoms with E-state index in [9.17, 15) is 9.18 Å². The van der Waals surface area contributed by atoms with Gasteiger partial charge in [0, 0.05) is 22.8 Å². The van der Waals surface area contributed by atoms with E-state index < -0.39 is 0 Å². The Morgan fingerprint density at radius 3 is 2.66 bits per heavy atom. The van der Waals surface area contributed by atoms with Crippen molar-refractivity contribution in [3.8, 4) is 22.6 Å². The van der Waals surface area contributed by atoms with Crippen molar-refractivity contribution in [1.82, 2.24) is 19.9 Å². The lowest BCUT2D eigenvalue weighted by atomic mass is 10.1. The van der Waals surface area contributed by atoms with Crippen LogP contribution < -0.4 is 10.9 Å². The number of hydrogen-bond acceptors (Lipinski definition) is 4. The molecule has 0 bridgehead atoms. The van der Waals surface area contributed by atoms with E-state index in [1.165, 1.54) is 12.1 Å². The first-order valence-corrected chi connectivity index (χ1v) is 10.2. The number of hydrogen-bond donors (Lipinski definition) is 3. The molecule has 3 aromatic heterocycles. The van der Waals surface area contributed by atoms with Gasteiger partial charge in [-0.1, -0.05) is 24.3 Å². The Labute approximate surface area is 183 Å². The number of nitrogens with zero attached hydrogens (tertiary/aromatic N) is 2. The van der Waals surface area contributed by atoms with Crippen LogP contribution >= 0.6 is 0 Å². The van der Waals surface area contributed by atoms with Gasteiger partial charge in [-0.2, -0.15) is 0 Å². The van der Waals surface area contributed by atoms with Crippen LogP contribution in [-0.2, 0) is 6.54 Å². The van der Waals surface area contributed by atoms with E-state index in [1.807, 2.05) is 43.3 Å². The number of halogens is 1. The average molecular weight is 425 g/mol. The van der Waals surface area contributed by atoms with Gasteiger partial charge < -0.3 is 15.3 Å². The molecule has 0 saturated heterocycles. The first-order chi connectivity index (χ1) is 15.6. The van der Waals surface area contributed by atoms with Crippen molar-refractivity contribution in [3.05, 3.63) is 100 Å². The summed E-state index contributed by atoms with van der Waals surface area (Å²) in [5.74, 6) is 0.339. The minimum atomic E-state index is -0.316. The molecule has 0 saturated carbocycles. The summed E-state index contributed by atoms with van der Waals surface area (Å²) in [5, 5.41) is 3.99. The molecule has 0 amide bonds. The molecule has 3 heterocycles. The van der Waals surface area contributed by atoms with Crippen LogP contribution in [0.15, 0.2) is 77.6 Å². The minimum Gasteiger partial charge on any atom is -0.375 e. The van der Waals surface area contributed by atoms with Gasteiger partial charge in [0.05, 0.1) is 29.3 Å². The summed E-state index contributed by atoms with van der Waals surface area (Å²) in [4.78, 5) is 27.2. The third-order valence-electron chi connectivity index (χ3n) is 5.21. The maximum Gasteiger partial charge on any atom is 0.248 e.